The second-order valence-corrected chi connectivity index (χ2v) is 4.00. The molecule has 0 fully saturated rings. The molecule has 0 spiro atoms. The SMILES string of the molecule is Cc1c(F)cccc1NC(=O)c1ccc(Cl)nn1. The van der Waals surface area contributed by atoms with Crippen molar-refractivity contribution < 1.29 is 9.18 Å². The normalized spacial score (nSPS) is 10.2. The van der Waals surface area contributed by atoms with Crippen LogP contribution in [-0.4, -0.2) is 16.1 Å². The van der Waals surface area contributed by atoms with Crippen molar-refractivity contribution in [3.8, 4) is 0 Å². The number of amides is 1. The van der Waals surface area contributed by atoms with Crippen LogP contribution in [0.4, 0.5) is 10.1 Å². The zero-order valence-corrected chi connectivity index (χ0v) is 10.2. The van der Waals surface area contributed by atoms with Crippen molar-refractivity contribution in [2.75, 3.05) is 5.32 Å². The third-order valence-electron chi connectivity index (χ3n) is 2.38. The molecule has 0 saturated carbocycles. The van der Waals surface area contributed by atoms with Crippen LogP contribution in [0, 0.1) is 12.7 Å². The van der Waals surface area contributed by atoms with Gasteiger partial charge in [0.2, 0.25) is 0 Å². The summed E-state index contributed by atoms with van der Waals surface area (Å²) < 4.78 is 13.3. The molecule has 0 atom stereocenters. The number of nitrogens with one attached hydrogen (secondary N) is 1. The maximum Gasteiger partial charge on any atom is 0.276 e. The quantitative estimate of drug-likeness (QED) is 0.908. The van der Waals surface area contributed by atoms with E-state index in [2.05, 4.69) is 15.5 Å². The van der Waals surface area contributed by atoms with Crippen molar-refractivity contribution in [1.29, 1.82) is 0 Å². The van der Waals surface area contributed by atoms with Crippen LogP contribution in [0.1, 0.15) is 16.1 Å². The van der Waals surface area contributed by atoms with Gasteiger partial charge in [0, 0.05) is 11.3 Å². The molecule has 2 rings (SSSR count). The van der Waals surface area contributed by atoms with Crippen molar-refractivity contribution >= 4 is 23.2 Å². The van der Waals surface area contributed by atoms with Crippen LogP contribution in [0.15, 0.2) is 30.3 Å². The minimum atomic E-state index is -0.465. The first-order chi connectivity index (χ1) is 8.58. The van der Waals surface area contributed by atoms with Crippen LogP contribution < -0.4 is 5.32 Å². The second kappa shape index (κ2) is 5.10. The van der Waals surface area contributed by atoms with Crippen molar-refractivity contribution in [3.05, 3.63) is 52.6 Å². The molecule has 6 heteroatoms. The summed E-state index contributed by atoms with van der Waals surface area (Å²) in [5.74, 6) is -0.845. The van der Waals surface area contributed by atoms with Gasteiger partial charge in [0.25, 0.3) is 5.91 Å². The number of carbonyl (C=O) groups excluding carboxylic acids is 1. The highest BCUT2D eigenvalue weighted by Gasteiger charge is 2.11. The van der Waals surface area contributed by atoms with E-state index in [0.717, 1.165) is 0 Å². The lowest BCUT2D eigenvalue weighted by atomic mass is 10.2. The molecule has 0 aliphatic heterocycles. The lowest BCUT2D eigenvalue weighted by Crippen LogP contribution is -2.15. The smallest absolute Gasteiger partial charge is 0.276 e. The fourth-order valence-electron chi connectivity index (χ4n) is 1.37. The van der Waals surface area contributed by atoms with Crippen LogP contribution in [0.25, 0.3) is 0 Å². The summed E-state index contributed by atoms with van der Waals surface area (Å²) in [6.45, 7) is 1.58. The fourth-order valence-corrected chi connectivity index (χ4v) is 1.47. The van der Waals surface area contributed by atoms with E-state index in [4.69, 9.17) is 11.6 Å². The first kappa shape index (κ1) is 12.4. The highest BCUT2D eigenvalue weighted by Crippen LogP contribution is 2.18. The average molecular weight is 266 g/mol. The van der Waals surface area contributed by atoms with Crippen LogP contribution in [0.3, 0.4) is 0 Å². The van der Waals surface area contributed by atoms with Crippen LogP contribution in [-0.2, 0) is 0 Å². The molecular formula is C12H9ClFN3O. The second-order valence-electron chi connectivity index (χ2n) is 3.61. The molecule has 4 nitrogen and oxygen atoms in total. The number of carbonyl (C=O) groups is 1. The molecule has 92 valence electrons. The summed E-state index contributed by atoms with van der Waals surface area (Å²) in [7, 11) is 0. The van der Waals surface area contributed by atoms with Crippen LogP contribution >= 0.6 is 11.6 Å². The number of halogens is 2. The molecule has 2 aromatic rings. The topological polar surface area (TPSA) is 54.9 Å². The summed E-state index contributed by atoms with van der Waals surface area (Å²) in [5.41, 5.74) is 0.882. The molecule has 0 radical (unpaired) electrons. The largest absolute Gasteiger partial charge is 0.320 e. The van der Waals surface area contributed by atoms with Crippen molar-refractivity contribution in [1.82, 2.24) is 10.2 Å². The predicted molar refractivity (Wildman–Crippen MR) is 66.1 cm³/mol. The Kier molecular flexibility index (Phi) is 3.53. The van der Waals surface area contributed by atoms with Crippen LogP contribution in [0.2, 0.25) is 5.15 Å². The van der Waals surface area contributed by atoms with Gasteiger partial charge in [-0.3, -0.25) is 4.79 Å². The van der Waals surface area contributed by atoms with E-state index >= 15 is 0 Å². The summed E-state index contributed by atoms with van der Waals surface area (Å²) >= 11 is 5.57. The lowest BCUT2D eigenvalue weighted by molar-refractivity contribution is 0.102. The zero-order chi connectivity index (χ0) is 13.1. The Hall–Kier alpha value is -2.01. The number of hydrogen-bond acceptors (Lipinski definition) is 3. The third kappa shape index (κ3) is 2.62. The zero-order valence-electron chi connectivity index (χ0n) is 9.45. The number of anilines is 1. The molecule has 1 N–H and O–H groups in total. The van der Waals surface area contributed by atoms with Crippen molar-refractivity contribution in [3.63, 3.8) is 0 Å². The van der Waals surface area contributed by atoms with Gasteiger partial charge in [-0.1, -0.05) is 17.7 Å². The molecule has 0 aliphatic rings. The number of hydrogen-bond donors (Lipinski definition) is 1. The number of nitrogens with zero attached hydrogens (tertiary/aromatic N) is 2. The van der Waals surface area contributed by atoms with E-state index in [-0.39, 0.29) is 16.7 Å². The van der Waals surface area contributed by atoms with E-state index < -0.39 is 5.91 Å². The molecule has 18 heavy (non-hydrogen) atoms. The van der Waals surface area contributed by atoms with Gasteiger partial charge in [0.15, 0.2) is 10.8 Å². The van der Waals surface area contributed by atoms with Gasteiger partial charge in [-0.05, 0) is 31.2 Å². The predicted octanol–water partition coefficient (Wildman–Crippen LogP) is 2.83. The van der Waals surface area contributed by atoms with Gasteiger partial charge in [-0.15, -0.1) is 10.2 Å². The molecular weight excluding hydrogens is 257 g/mol. The highest BCUT2D eigenvalue weighted by atomic mass is 35.5. The molecule has 1 aromatic carbocycles. The minimum absolute atomic E-state index is 0.114. The Morgan fingerprint density at radius 1 is 1.28 bits per heavy atom. The van der Waals surface area contributed by atoms with E-state index in [9.17, 15) is 9.18 Å². The Bertz CT molecular complexity index is 586. The third-order valence-corrected chi connectivity index (χ3v) is 2.58. The van der Waals surface area contributed by atoms with E-state index in [1.54, 1.807) is 13.0 Å². The van der Waals surface area contributed by atoms with Gasteiger partial charge in [-0.25, -0.2) is 4.39 Å². The van der Waals surface area contributed by atoms with Crippen molar-refractivity contribution in [2.45, 2.75) is 6.92 Å². The number of benzene rings is 1. The lowest BCUT2D eigenvalue weighted by Gasteiger charge is -2.07. The first-order valence-corrected chi connectivity index (χ1v) is 5.51. The van der Waals surface area contributed by atoms with Gasteiger partial charge < -0.3 is 5.32 Å². The molecule has 0 aliphatic carbocycles. The molecule has 0 saturated heterocycles. The monoisotopic (exact) mass is 265 g/mol. The Balaban J connectivity index is 2.21. The highest BCUT2D eigenvalue weighted by molar-refractivity contribution is 6.29. The minimum Gasteiger partial charge on any atom is -0.320 e. The van der Waals surface area contributed by atoms with Gasteiger partial charge in [0.05, 0.1) is 0 Å². The number of aromatic nitrogens is 2. The molecule has 0 unspecified atom stereocenters. The van der Waals surface area contributed by atoms with Gasteiger partial charge in [-0.2, -0.15) is 0 Å². The summed E-state index contributed by atoms with van der Waals surface area (Å²) in [4.78, 5) is 11.8. The maximum absolute atomic E-state index is 13.3. The van der Waals surface area contributed by atoms with Crippen molar-refractivity contribution in [2.24, 2.45) is 0 Å². The number of rotatable bonds is 2. The Labute approximate surface area is 108 Å². The molecule has 1 heterocycles. The van der Waals surface area contributed by atoms with E-state index in [1.165, 1.54) is 24.3 Å². The molecule has 1 aromatic heterocycles. The molecule has 0 bridgehead atoms. The Morgan fingerprint density at radius 3 is 2.72 bits per heavy atom. The van der Waals surface area contributed by atoms with E-state index in [0.29, 0.717) is 11.3 Å². The summed E-state index contributed by atoms with van der Waals surface area (Å²) in [6, 6.07) is 7.36. The summed E-state index contributed by atoms with van der Waals surface area (Å²) in [6.07, 6.45) is 0. The first-order valence-electron chi connectivity index (χ1n) is 5.13. The fraction of sp³-hybridized carbons (Fsp3) is 0.0833. The summed E-state index contributed by atoms with van der Waals surface area (Å²) in [5, 5.41) is 9.97. The average Bonchev–Trinajstić information content (AvgIpc) is 2.36. The Morgan fingerprint density at radius 2 is 2.06 bits per heavy atom. The molecule has 1 amide bonds. The standard InChI is InChI=1S/C12H9ClFN3O/c1-7-8(14)3-2-4-9(7)15-12(18)10-5-6-11(13)17-16-10/h2-6H,1H3,(H,15,18). The van der Waals surface area contributed by atoms with Gasteiger partial charge in [0.1, 0.15) is 5.82 Å². The van der Waals surface area contributed by atoms with Gasteiger partial charge >= 0.3 is 0 Å². The van der Waals surface area contributed by atoms with Crippen LogP contribution in [0.5, 0.6) is 0 Å². The maximum atomic E-state index is 13.3. The van der Waals surface area contributed by atoms with E-state index in [1.807, 2.05) is 0 Å².